The molecule has 0 atom stereocenters. The predicted molar refractivity (Wildman–Crippen MR) is 199 cm³/mol. The summed E-state index contributed by atoms with van der Waals surface area (Å²) >= 11 is 0. The average Bonchev–Trinajstić information content (AvgIpc) is 3.69. The molecule has 0 amide bonds. The molecule has 0 N–H and O–H groups in total. The van der Waals surface area contributed by atoms with Crippen LogP contribution in [0.5, 0.6) is 0 Å². The number of rotatable bonds is 3. The molecule has 3 heterocycles. The number of para-hydroxylation sites is 2. The highest BCUT2D eigenvalue weighted by Gasteiger charge is 2.36. The molecular weight excluding hydrogens is 583 g/mol. The van der Waals surface area contributed by atoms with Gasteiger partial charge in [-0.2, -0.15) is 0 Å². The minimum absolute atomic E-state index is 0.0763. The second-order valence-corrected chi connectivity index (χ2v) is 13.4. The SMILES string of the molecule is CC1(C)c2ccccc2-c2c1ccc1c(-c3cccc(-c4nc5ccccc5c5cc(-c6ccccc6)cn45)c3)nc3ccccc3c21. The predicted octanol–water partition coefficient (Wildman–Crippen LogP) is 11.5. The summed E-state index contributed by atoms with van der Waals surface area (Å²) in [4.78, 5) is 10.6. The van der Waals surface area contributed by atoms with E-state index in [1.807, 2.05) is 0 Å². The lowest BCUT2D eigenvalue weighted by Crippen LogP contribution is -2.14. The Kier molecular flexibility index (Phi) is 5.63. The van der Waals surface area contributed by atoms with Gasteiger partial charge in [-0.1, -0.05) is 135 Å². The summed E-state index contributed by atoms with van der Waals surface area (Å²) < 4.78 is 2.25. The van der Waals surface area contributed by atoms with E-state index in [0.717, 1.165) is 44.6 Å². The van der Waals surface area contributed by atoms with Crippen molar-refractivity contribution in [3.8, 4) is 44.9 Å². The Balaban J connectivity index is 1.24. The molecule has 0 aliphatic heterocycles. The van der Waals surface area contributed by atoms with Crippen LogP contribution in [0.1, 0.15) is 25.0 Å². The highest BCUT2D eigenvalue weighted by atomic mass is 15.0. The van der Waals surface area contributed by atoms with Gasteiger partial charge < -0.3 is 4.40 Å². The largest absolute Gasteiger partial charge is 0.300 e. The zero-order valence-corrected chi connectivity index (χ0v) is 26.8. The van der Waals surface area contributed by atoms with Crippen LogP contribution in [0.15, 0.2) is 152 Å². The van der Waals surface area contributed by atoms with Crippen molar-refractivity contribution in [2.24, 2.45) is 0 Å². The van der Waals surface area contributed by atoms with E-state index in [1.54, 1.807) is 0 Å². The highest BCUT2D eigenvalue weighted by molar-refractivity contribution is 6.19. The van der Waals surface area contributed by atoms with Gasteiger partial charge in [-0.15, -0.1) is 0 Å². The van der Waals surface area contributed by atoms with Crippen LogP contribution in [-0.2, 0) is 5.41 Å². The number of pyridine rings is 1. The van der Waals surface area contributed by atoms with Crippen molar-refractivity contribution < 1.29 is 0 Å². The maximum Gasteiger partial charge on any atom is 0.145 e. The zero-order valence-electron chi connectivity index (χ0n) is 26.8. The molecule has 1 aliphatic rings. The van der Waals surface area contributed by atoms with Crippen LogP contribution in [0.25, 0.3) is 83.0 Å². The number of fused-ring (bicyclic) bond motifs is 10. The van der Waals surface area contributed by atoms with E-state index in [1.165, 1.54) is 49.5 Å². The Hall–Kier alpha value is -6.06. The first-order chi connectivity index (χ1) is 23.6. The molecule has 1 aliphatic carbocycles. The van der Waals surface area contributed by atoms with Gasteiger partial charge in [-0.25, -0.2) is 9.97 Å². The molecule has 3 heteroatoms. The third-order valence-electron chi connectivity index (χ3n) is 10.4. The van der Waals surface area contributed by atoms with E-state index >= 15 is 0 Å². The lowest BCUT2D eigenvalue weighted by atomic mass is 9.82. The van der Waals surface area contributed by atoms with Crippen LogP contribution in [0.4, 0.5) is 0 Å². The van der Waals surface area contributed by atoms with Gasteiger partial charge >= 0.3 is 0 Å². The fraction of sp³-hybridized carbons (Fsp3) is 0.0667. The quantitative estimate of drug-likeness (QED) is 0.186. The summed E-state index contributed by atoms with van der Waals surface area (Å²) in [5.41, 5.74) is 13.9. The van der Waals surface area contributed by atoms with Gasteiger partial charge in [0.05, 0.1) is 22.2 Å². The highest BCUT2D eigenvalue weighted by Crippen LogP contribution is 2.53. The maximum atomic E-state index is 5.36. The fourth-order valence-electron chi connectivity index (χ4n) is 8.05. The molecule has 226 valence electrons. The van der Waals surface area contributed by atoms with Crippen molar-refractivity contribution in [1.29, 1.82) is 0 Å². The van der Waals surface area contributed by atoms with Crippen LogP contribution in [0.2, 0.25) is 0 Å². The first kappa shape index (κ1) is 27.1. The summed E-state index contributed by atoms with van der Waals surface area (Å²) in [6, 6.07) is 52.2. The molecule has 3 nitrogen and oxygen atoms in total. The minimum atomic E-state index is -0.0763. The molecule has 0 saturated heterocycles. The number of aromatic nitrogens is 3. The van der Waals surface area contributed by atoms with Crippen molar-refractivity contribution in [2.45, 2.75) is 19.3 Å². The molecule has 0 radical (unpaired) electrons. The minimum Gasteiger partial charge on any atom is -0.300 e. The summed E-state index contributed by atoms with van der Waals surface area (Å²) in [5.74, 6) is 0.911. The molecule has 0 bridgehead atoms. The van der Waals surface area contributed by atoms with Gasteiger partial charge in [-0.05, 0) is 52.1 Å². The van der Waals surface area contributed by atoms with E-state index < -0.39 is 0 Å². The molecule has 10 rings (SSSR count). The van der Waals surface area contributed by atoms with Crippen LogP contribution >= 0.6 is 0 Å². The molecule has 0 spiro atoms. The van der Waals surface area contributed by atoms with E-state index in [4.69, 9.17) is 9.97 Å². The van der Waals surface area contributed by atoms with E-state index in [0.29, 0.717) is 0 Å². The van der Waals surface area contributed by atoms with Gasteiger partial charge in [-0.3, -0.25) is 0 Å². The lowest BCUT2D eigenvalue weighted by Gasteiger charge is -2.22. The number of benzene rings is 6. The standard InChI is InChI=1S/C45H31N3/c1-45(2)36-20-9-6-17-32(36)42-37(45)24-23-35-41(42)34-19-8-11-22-39(34)46-43(35)29-15-12-16-30(25-29)44-47-38-21-10-7-18-33(38)40-26-31(27-48(40)44)28-13-4-3-5-14-28/h3-27H,1-2H3. The number of nitrogens with zero attached hydrogens (tertiary/aromatic N) is 3. The summed E-state index contributed by atoms with van der Waals surface area (Å²) in [7, 11) is 0. The summed E-state index contributed by atoms with van der Waals surface area (Å²) in [5, 5.41) is 4.77. The van der Waals surface area contributed by atoms with E-state index in [9.17, 15) is 0 Å². The Morgan fingerprint density at radius 2 is 1.19 bits per heavy atom. The third kappa shape index (κ3) is 3.82. The Morgan fingerprint density at radius 1 is 0.500 bits per heavy atom. The second kappa shape index (κ2) is 9.97. The Morgan fingerprint density at radius 3 is 2.04 bits per heavy atom. The summed E-state index contributed by atoms with van der Waals surface area (Å²) in [6.45, 7) is 4.69. The molecule has 0 saturated carbocycles. The lowest BCUT2D eigenvalue weighted by molar-refractivity contribution is 0.661. The Bertz CT molecular complexity index is 2750. The maximum absolute atomic E-state index is 5.36. The molecule has 0 unspecified atom stereocenters. The second-order valence-electron chi connectivity index (χ2n) is 13.4. The van der Waals surface area contributed by atoms with Crippen LogP contribution in [-0.4, -0.2) is 14.4 Å². The average molecular weight is 614 g/mol. The fourth-order valence-corrected chi connectivity index (χ4v) is 8.05. The first-order valence-corrected chi connectivity index (χ1v) is 16.6. The monoisotopic (exact) mass is 613 g/mol. The zero-order chi connectivity index (χ0) is 32.0. The van der Waals surface area contributed by atoms with Gasteiger partial charge in [0, 0.05) is 49.8 Å². The van der Waals surface area contributed by atoms with Crippen molar-refractivity contribution in [3.05, 3.63) is 163 Å². The number of hydrogen-bond donors (Lipinski definition) is 0. The van der Waals surface area contributed by atoms with Crippen molar-refractivity contribution in [2.75, 3.05) is 0 Å². The summed E-state index contributed by atoms with van der Waals surface area (Å²) in [6.07, 6.45) is 2.22. The molecule has 48 heavy (non-hydrogen) atoms. The third-order valence-corrected chi connectivity index (χ3v) is 10.4. The normalized spacial score (nSPS) is 13.4. The Labute approximate surface area is 278 Å². The molecule has 9 aromatic rings. The van der Waals surface area contributed by atoms with E-state index in [-0.39, 0.29) is 5.41 Å². The van der Waals surface area contributed by atoms with E-state index in [2.05, 4.69) is 170 Å². The van der Waals surface area contributed by atoms with Crippen LogP contribution in [0.3, 0.4) is 0 Å². The topological polar surface area (TPSA) is 30.2 Å². The molecule has 6 aromatic carbocycles. The molecule has 3 aromatic heterocycles. The van der Waals surface area contributed by atoms with Gasteiger partial charge in [0.2, 0.25) is 0 Å². The van der Waals surface area contributed by atoms with Crippen molar-refractivity contribution in [1.82, 2.24) is 14.4 Å². The molecule has 0 fully saturated rings. The molecular formula is C45H31N3. The van der Waals surface area contributed by atoms with Crippen LogP contribution < -0.4 is 0 Å². The van der Waals surface area contributed by atoms with Gasteiger partial charge in [0.15, 0.2) is 0 Å². The van der Waals surface area contributed by atoms with Crippen molar-refractivity contribution in [3.63, 3.8) is 0 Å². The smallest absolute Gasteiger partial charge is 0.145 e. The first-order valence-electron chi connectivity index (χ1n) is 16.6. The van der Waals surface area contributed by atoms with Gasteiger partial charge in [0.1, 0.15) is 5.82 Å². The van der Waals surface area contributed by atoms with Crippen LogP contribution in [0, 0.1) is 0 Å². The van der Waals surface area contributed by atoms with Gasteiger partial charge in [0.25, 0.3) is 0 Å². The van der Waals surface area contributed by atoms with Crippen molar-refractivity contribution >= 4 is 38.1 Å². The number of hydrogen-bond acceptors (Lipinski definition) is 2.